The average Bonchev–Trinajstić information content (AvgIpc) is 2.85. The van der Waals surface area contributed by atoms with Crippen LogP contribution < -0.4 is 5.11 Å². The molecule has 0 spiro atoms. The summed E-state index contributed by atoms with van der Waals surface area (Å²) in [5.41, 5.74) is -2.20. The van der Waals surface area contributed by atoms with E-state index in [0.29, 0.717) is 28.2 Å². The molecular weight excluding hydrogens is 341 g/mol. The number of aromatic hydroxyl groups is 1. The molecule has 0 fully saturated rings. The summed E-state index contributed by atoms with van der Waals surface area (Å²) in [4.78, 5) is 13.4. The third-order valence-corrected chi connectivity index (χ3v) is 3.42. The summed E-state index contributed by atoms with van der Waals surface area (Å²) < 4.78 is 39.6. The standard InChI is InChI=1S/C11H7F3N4O4S/c1-17(16-10-15-4-8(23-10)18(21)22)9-6(11(12,13)14)2-5(19)3-7(9)20/h2-4H,1H3,(H-,15,16,19,20). The zero-order chi connectivity index (χ0) is 17.4. The van der Waals surface area contributed by atoms with Crippen LogP contribution in [0, 0.1) is 10.1 Å². The number of aromatic nitrogens is 1. The largest absolute Gasteiger partial charge is 0.868 e. The number of benzene rings is 1. The number of phenols is 1. The van der Waals surface area contributed by atoms with Crippen LogP contribution in [0.3, 0.4) is 0 Å². The highest BCUT2D eigenvalue weighted by molar-refractivity contribution is 7.18. The molecule has 0 radical (unpaired) electrons. The number of azo groups is 2. The quantitative estimate of drug-likeness (QED) is 0.396. The van der Waals surface area contributed by atoms with Crippen molar-refractivity contribution in [3.63, 3.8) is 0 Å². The second kappa shape index (κ2) is 5.79. The molecule has 1 aromatic heterocycles. The van der Waals surface area contributed by atoms with Crippen molar-refractivity contribution in [2.45, 2.75) is 6.18 Å². The van der Waals surface area contributed by atoms with Crippen LogP contribution in [0.4, 0.5) is 29.0 Å². The van der Waals surface area contributed by atoms with E-state index in [4.69, 9.17) is 0 Å². The third-order valence-electron chi connectivity index (χ3n) is 2.59. The lowest BCUT2D eigenvalue weighted by atomic mass is 10.1. The lowest BCUT2D eigenvalue weighted by Gasteiger charge is -2.14. The Hall–Kier alpha value is -2.76. The van der Waals surface area contributed by atoms with Crippen molar-refractivity contribution in [3.8, 4) is 11.5 Å². The number of halogens is 3. The Labute approximate surface area is 129 Å². The molecule has 12 heteroatoms. The van der Waals surface area contributed by atoms with E-state index in [1.54, 1.807) is 0 Å². The lowest BCUT2D eigenvalue weighted by Crippen LogP contribution is -2.12. The van der Waals surface area contributed by atoms with E-state index in [1.165, 1.54) is 0 Å². The Morgan fingerprint density at radius 3 is 2.57 bits per heavy atom. The summed E-state index contributed by atoms with van der Waals surface area (Å²) in [6.07, 6.45) is -4.00. The maximum absolute atomic E-state index is 13.0. The van der Waals surface area contributed by atoms with Crippen molar-refractivity contribution in [3.05, 3.63) is 34.0 Å². The first-order chi connectivity index (χ1) is 10.6. The van der Waals surface area contributed by atoms with Gasteiger partial charge in [-0.15, -0.1) is 0 Å². The fourth-order valence-corrected chi connectivity index (χ4v) is 2.34. The fourth-order valence-electron chi connectivity index (χ4n) is 1.71. The molecule has 8 nitrogen and oxygen atoms in total. The Morgan fingerprint density at radius 1 is 1.39 bits per heavy atom. The number of hydrogen-bond donors (Lipinski definition) is 1. The first-order valence-corrected chi connectivity index (χ1v) is 6.58. The van der Waals surface area contributed by atoms with Crippen LogP contribution in [-0.2, 0) is 6.18 Å². The normalized spacial score (nSPS) is 12.4. The molecule has 0 aliphatic carbocycles. The number of thiazole rings is 1. The van der Waals surface area contributed by atoms with Gasteiger partial charge in [-0.3, -0.25) is 10.1 Å². The highest BCUT2D eigenvalue weighted by atomic mass is 32.1. The first-order valence-electron chi connectivity index (χ1n) is 5.76. The Bertz CT molecular complexity index is 803. The summed E-state index contributed by atoms with van der Waals surface area (Å²) >= 11 is 0.535. The molecule has 0 aliphatic rings. The van der Waals surface area contributed by atoms with E-state index < -0.39 is 33.8 Å². The van der Waals surface area contributed by atoms with Gasteiger partial charge in [-0.1, -0.05) is 4.70 Å². The van der Waals surface area contributed by atoms with Crippen molar-refractivity contribution in [2.24, 2.45) is 5.11 Å². The molecule has 0 atom stereocenters. The Balaban J connectivity index is 2.55. The second-order valence-corrected chi connectivity index (χ2v) is 5.19. The lowest BCUT2D eigenvalue weighted by molar-refractivity contribution is -0.485. The number of phenolic OH excluding ortho intramolecular Hbond substituents is 1. The Kier molecular flexibility index (Phi) is 4.18. The van der Waals surface area contributed by atoms with Gasteiger partial charge in [-0.2, -0.15) is 13.2 Å². The summed E-state index contributed by atoms with van der Waals surface area (Å²) in [6.45, 7) is 0. The smallest absolute Gasteiger partial charge is 0.422 e. The van der Waals surface area contributed by atoms with Crippen LogP contribution in [0.1, 0.15) is 5.56 Å². The van der Waals surface area contributed by atoms with Crippen molar-refractivity contribution < 1.29 is 33.0 Å². The molecule has 1 aromatic carbocycles. The van der Waals surface area contributed by atoms with Gasteiger partial charge in [0.1, 0.15) is 17.5 Å². The topological polar surface area (TPSA) is 115 Å². The van der Waals surface area contributed by atoms with E-state index in [1.807, 2.05) is 0 Å². The molecule has 1 N–H and O–H groups in total. The molecule has 0 amide bonds. The maximum atomic E-state index is 13.0. The van der Waals surface area contributed by atoms with Gasteiger partial charge >= 0.3 is 11.2 Å². The van der Waals surface area contributed by atoms with Gasteiger partial charge in [0.15, 0.2) is 7.05 Å². The van der Waals surface area contributed by atoms with Crippen molar-refractivity contribution in [1.29, 1.82) is 0 Å². The van der Waals surface area contributed by atoms with Gasteiger partial charge < -0.3 is 10.2 Å². The van der Waals surface area contributed by atoms with Crippen LogP contribution in [0.2, 0.25) is 0 Å². The molecule has 2 rings (SSSR count). The zero-order valence-electron chi connectivity index (χ0n) is 11.2. The van der Waals surface area contributed by atoms with Gasteiger partial charge in [0.25, 0.3) is 5.13 Å². The second-order valence-electron chi connectivity index (χ2n) is 4.20. The van der Waals surface area contributed by atoms with Crippen LogP contribution >= 0.6 is 11.3 Å². The van der Waals surface area contributed by atoms with Crippen LogP contribution in [0.15, 0.2) is 23.4 Å². The van der Waals surface area contributed by atoms with Gasteiger partial charge in [0.05, 0.1) is 4.92 Å². The number of nitro groups is 1. The highest BCUT2D eigenvalue weighted by Crippen LogP contribution is 2.42. The number of hydrogen-bond acceptors (Lipinski definition) is 7. The monoisotopic (exact) mass is 348 g/mol. The third kappa shape index (κ3) is 3.53. The summed E-state index contributed by atoms with van der Waals surface area (Å²) in [5.74, 6) is -1.93. The van der Waals surface area contributed by atoms with Crippen molar-refractivity contribution in [1.82, 2.24) is 4.98 Å². The number of nitrogens with zero attached hydrogens (tertiary/aromatic N) is 4. The van der Waals surface area contributed by atoms with Crippen molar-refractivity contribution >= 4 is 27.2 Å². The average molecular weight is 348 g/mol. The SMILES string of the molecule is C[N+](=Nc1ncc([N+](=O)[O-])s1)c1c([O-])cc(O)cc1C(F)(F)F. The summed E-state index contributed by atoms with van der Waals surface area (Å²) in [5, 5.41) is 34.6. The number of alkyl halides is 3. The zero-order valence-corrected chi connectivity index (χ0v) is 12.1. The van der Waals surface area contributed by atoms with Gasteiger partial charge in [0.2, 0.25) is 5.69 Å². The van der Waals surface area contributed by atoms with Crippen LogP contribution in [0.5, 0.6) is 11.5 Å². The fraction of sp³-hybridized carbons (Fsp3) is 0.182. The first kappa shape index (κ1) is 16.6. The molecule has 0 saturated heterocycles. The molecule has 0 bridgehead atoms. The predicted molar refractivity (Wildman–Crippen MR) is 69.3 cm³/mol. The molecule has 1 heterocycles. The number of rotatable bonds is 3. The molecule has 23 heavy (non-hydrogen) atoms. The van der Waals surface area contributed by atoms with Crippen LogP contribution in [0.25, 0.3) is 0 Å². The van der Waals surface area contributed by atoms with E-state index in [-0.39, 0.29) is 10.1 Å². The van der Waals surface area contributed by atoms with E-state index in [9.17, 15) is 33.5 Å². The molecule has 122 valence electrons. The predicted octanol–water partition coefficient (Wildman–Crippen LogP) is 2.91. The molecule has 2 aromatic rings. The summed E-state index contributed by atoms with van der Waals surface area (Å²) in [6, 6.07) is 1.01. The van der Waals surface area contributed by atoms with E-state index in [2.05, 4.69) is 10.1 Å². The molecular formula is C11H7F3N4O4S. The van der Waals surface area contributed by atoms with Gasteiger partial charge in [-0.05, 0) is 29.2 Å². The summed E-state index contributed by atoms with van der Waals surface area (Å²) in [7, 11) is 1.07. The molecule has 0 unspecified atom stereocenters. The van der Waals surface area contributed by atoms with Gasteiger partial charge in [-0.25, -0.2) is 4.98 Å². The maximum Gasteiger partial charge on any atom is 0.422 e. The minimum Gasteiger partial charge on any atom is -0.868 e. The molecule has 0 saturated carbocycles. The van der Waals surface area contributed by atoms with E-state index >= 15 is 0 Å². The minimum atomic E-state index is -4.90. The minimum absolute atomic E-state index is 0.195. The highest BCUT2D eigenvalue weighted by Gasteiger charge is 2.38. The van der Waals surface area contributed by atoms with Crippen LogP contribution in [-0.4, -0.2) is 26.8 Å². The molecule has 0 aliphatic heterocycles. The Morgan fingerprint density at radius 2 is 2.04 bits per heavy atom. The van der Waals surface area contributed by atoms with E-state index in [0.717, 1.165) is 13.2 Å². The van der Waals surface area contributed by atoms with Crippen molar-refractivity contribution in [2.75, 3.05) is 7.05 Å². The van der Waals surface area contributed by atoms with Gasteiger partial charge in [0, 0.05) is 5.11 Å².